The Balaban J connectivity index is 1.14. The van der Waals surface area contributed by atoms with Gasteiger partial charge in [-0.3, -0.25) is 4.79 Å². The van der Waals surface area contributed by atoms with E-state index in [1.807, 2.05) is 47.4 Å². The van der Waals surface area contributed by atoms with Gasteiger partial charge >= 0.3 is 5.97 Å². The number of ether oxygens (including phenoxy) is 1. The van der Waals surface area contributed by atoms with Gasteiger partial charge in [0.2, 0.25) is 5.91 Å². The van der Waals surface area contributed by atoms with Crippen LogP contribution in [-0.4, -0.2) is 59.3 Å². The lowest BCUT2D eigenvalue weighted by Gasteiger charge is -2.36. The molecule has 0 bridgehead atoms. The number of hydrogen-bond acceptors (Lipinski definition) is 5. The zero-order chi connectivity index (χ0) is 27.6. The molecule has 1 aromatic heterocycles. The molecule has 40 heavy (non-hydrogen) atoms. The van der Waals surface area contributed by atoms with Crippen LogP contribution in [0.25, 0.3) is 16.9 Å². The van der Waals surface area contributed by atoms with Crippen LogP contribution in [0.2, 0.25) is 0 Å². The molecule has 0 spiro atoms. The average molecular weight is 539 g/mol. The largest absolute Gasteiger partial charge is 0.461 e. The minimum absolute atomic E-state index is 0.107. The van der Waals surface area contributed by atoms with Crippen LogP contribution in [-0.2, 0) is 9.53 Å². The molecule has 2 heterocycles. The number of esters is 1. The number of benzene rings is 3. The summed E-state index contributed by atoms with van der Waals surface area (Å²) in [4.78, 5) is 29.8. The molecule has 2 atom stereocenters. The number of nitrogens with zero attached hydrogens (tertiary/aromatic N) is 4. The van der Waals surface area contributed by atoms with E-state index < -0.39 is 5.97 Å². The summed E-state index contributed by atoms with van der Waals surface area (Å²) in [6.45, 7) is 4.92. The molecule has 6 rings (SSSR count). The molecule has 1 aliphatic carbocycles. The average Bonchev–Trinajstić information content (AvgIpc) is 3.67. The maximum atomic E-state index is 14.0. The van der Waals surface area contributed by atoms with E-state index in [1.165, 1.54) is 17.7 Å². The van der Waals surface area contributed by atoms with Gasteiger partial charge in [-0.25, -0.2) is 13.9 Å². The van der Waals surface area contributed by atoms with Gasteiger partial charge in [0.1, 0.15) is 5.82 Å². The Morgan fingerprint density at radius 3 is 2.35 bits per heavy atom. The Morgan fingerprint density at radius 2 is 1.65 bits per heavy atom. The van der Waals surface area contributed by atoms with Crippen molar-refractivity contribution in [2.24, 2.45) is 5.92 Å². The Hall–Kier alpha value is -4.46. The lowest BCUT2D eigenvalue weighted by Crippen LogP contribution is -2.49. The van der Waals surface area contributed by atoms with E-state index >= 15 is 0 Å². The molecular weight excluding hydrogens is 507 g/mol. The van der Waals surface area contributed by atoms with E-state index in [4.69, 9.17) is 4.74 Å². The summed E-state index contributed by atoms with van der Waals surface area (Å²) in [7, 11) is 0. The first-order valence-corrected chi connectivity index (χ1v) is 13.7. The van der Waals surface area contributed by atoms with Crippen molar-refractivity contribution in [1.29, 1.82) is 0 Å². The molecule has 7 nitrogen and oxygen atoms in total. The van der Waals surface area contributed by atoms with Crippen molar-refractivity contribution in [3.05, 3.63) is 102 Å². The van der Waals surface area contributed by atoms with Crippen molar-refractivity contribution >= 4 is 17.6 Å². The molecule has 2 fully saturated rings. The van der Waals surface area contributed by atoms with Gasteiger partial charge < -0.3 is 14.5 Å². The third-order valence-electron chi connectivity index (χ3n) is 7.70. The number of piperazine rings is 1. The molecule has 4 aromatic rings. The quantitative estimate of drug-likeness (QED) is 0.299. The van der Waals surface area contributed by atoms with E-state index in [-0.39, 0.29) is 29.9 Å². The van der Waals surface area contributed by atoms with Crippen LogP contribution in [0.15, 0.2) is 84.9 Å². The summed E-state index contributed by atoms with van der Waals surface area (Å²) >= 11 is 0. The van der Waals surface area contributed by atoms with E-state index in [1.54, 1.807) is 29.8 Å². The van der Waals surface area contributed by atoms with Gasteiger partial charge in [0.05, 0.1) is 18.0 Å². The van der Waals surface area contributed by atoms with Gasteiger partial charge in [0, 0.05) is 43.3 Å². The van der Waals surface area contributed by atoms with Crippen molar-refractivity contribution in [2.45, 2.75) is 19.3 Å². The van der Waals surface area contributed by atoms with Crippen LogP contribution in [0.5, 0.6) is 0 Å². The Kier molecular flexibility index (Phi) is 7.07. The number of rotatable bonds is 7. The zero-order valence-electron chi connectivity index (χ0n) is 22.4. The van der Waals surface area contributed by atoms with Gasteiger partial charge in [-0.05, 0) is 61.2 Å². The van der Waals surface area contributed by atoms with E-state index in [9.17, 15) is 14.0 Å². The lowest BCUT2D eigenvalue weighted by atomic mass is 10.1. The monoisotopic (exact) mass is 538 g/mol. The molecule has 1 aliphatic heterocycles. The SMILES string of the molecule is CCOC(=O)c1cc(-c2ccc(N3CCN(C(=O)[C@@H]4C[C@H]4c4ccccc4)CC3)cc2)n(-c2cccc(F)c2)n1. The highest BCUT2D eigenvalue weighted by Crippen LogP contribution is 2.48. The van der Waals surface area contributed by atoms with Crippen LogP contribution < -0.4 is 4.90 Å². The summed E-state index contributed by atoms with van der Waals surface area (Å²) in [6, 6.07) is 26.1. The predicted octanol–water partition coefficient (Wildman–Crippen LogP) is 5.31. The summed E-state index contributed by atoms with van der Waals surface area (Å²) in [5, 5.41) is 4.43. The Bertz CT molecular complexity index is 1510. The van der Waals surface area contributed by atoms with Crippen LogP contribution >= 0.6 is 0 Å². The van der Waals surface area contributed by atoms with Crippen molar-refractivity contribution in [3.8, 4) is 16.9 Å². The van der Waals surface area contributed by atoms with Crippen LogP contribution in [0.4, 0.5) is 10.1 Å². The third kappa shape index (κ3) is 5.21. The smallest absolute Gasteiger partial charge is 0.358 e. The number of hydrogen-bond donors (Lipinski definition) is 0. The molecular formula is C32H31FN4O3. The normalized spacial score (nSPS) is 18.4. The highest BCUT2D eigenvalue weighted by molar-refractivity contribution is 5.89. The van der Waals surface area contributed by atoms with E-state index in [0.29, 0.717) is 30.4 Å². The van der Waals surface area contributed by atoms with Crippen molar-refractivity contribution in [2.75, 3.05) is 37.7 Å². The number of amides is 1. The zero-order valence-corrected chi connectivity index (χ0v) is 22.4. The molecule has 8 heteroatoms. The molecule has 0 unspecified atom stereocenters. The minimum atomic E-state index is -0.524. The first-order valence-electron chi connectivity index (χ1n) is 13.7. The number of anilines is 1. The second kappa shape index (κ2) is 11.0. The van der Waals surface area contributed by atoms with Crippen molar-refractivity contribution < 1.29 is 18.7 Å². The van der Waals surface area contributed by atoms with Crippen LogP contribution in [0.1, 0.15) is 35.3 Å². The van der Waals surface area contributed by atoms with Gasteiger partial charge in [0.25, 0.3) is 0 Å². The van der Waals surface area contributed by atoms with E-state index in [0.717, 1.165) is 30.8 Å². The number of carbonyl (C=O) groups excluding carboxylic acids is 2. The highest BCUT2D eigenvalue weighted by atomic mass is 19.1. The van der Waals surface area contributed by atoms with Gasteiger partial charge in [-0.2, -0.15) is 5.10 Å². The van der Waals surface area contributed by atoms with Crippen LogP contribution in [0.3, 0.4) is 0 Å². The molecule has 0 radical (unpaired) electrons. The molecule has 1 saturated carbocycles. The fraction of sp³-hybridized carbons (Fsp3) is 0.281. The first kappa shape index (κ1) is 25.8. The summed E-state index contributed by atoms with van der Waals surface area (Å²) in [5.74, 6) is -0.182. The number of aromatic nitrogens is 2. The minimum Gasteiger partial charge on any atom is -0.461 e. The predicted molar refractivity (Wildman–Crippen MR) is 151 cm³/mol. The Morgan fingerprint density at radius 1 is 0.900 bits per heavy atom. The van der Waals surface area contributed by atoms with Gasteiger partial charge in [-0.15, -0.1) is 0 Å². The molecule has 0 N–H and O–H groups in total. The molecule has 204 valence electrons. The van der Waals surface area contributed by atoms with Crippen molar-refractivity contribution in [3.63, 3.8) is 0 Å². The third-order valence-corrected chi connectivity index (χ3v) is 7.70. The lowest BCUT2D eigenvalue weighted by molar-refractivity contribution is -0.133. The fourth-order valence-electron chi connectivity index (χ4n) is 5.50. The molecule has 3 aromatic carbocycles. The topological polar surface area (TPSA) is 67.7 Å². The second-order valence-electron chi connectivity index (χ2n) is 10.2. The molecule has 2 aliphatic rings. The standard InChI is InChI=1S/C32H31FN4O3/c1-2-40-32(39)29-21-30(37(34-29)26-10-6-9-24(33)19-26)23-11-13-25(14-12-23)35-15-17-36(18-16-35)31(38)28-20-27(28)22-7-4-3-5-8-22/h3-14,19,21,27-28H,2,15-18,20H2,1H3/t27-,28+/m0/s1. The van der Waals surface area contributed by atoms with E-state index in [2.05, 4.69) is 22.1 Å². The second-order valence-corrected chi connectivity index (χ2v) is 10.2. The summed E-state index contributed by atoms with van der Waals surface area (Å²) < 4.78 is 20.7. The first-order chi connectivity index (χ1) is 19.5. The maximum absolute atomic E-state index is 14.0. The molecule has 1 amide bonds. The summed E-state index contributed by atoms with van der Waals surface area (Å²) in [5.41, 5.74) is 4.50. The number of halogens is 1. The molecule has 1 saturated heterocycles. The summed E-state index contributed by atoms with van der Waals surface area (Å²) in [6.07, 6.45) is 0.939. The number of carbonyl (C=O) groups is 2. The highest BCUT2D eigenvalue weighted by Gasteiger charge is 2.46. The van der Waals surface area contributed by atoms with Gasteiger partial charge in [-0.1, -0.05) is 48.5 Å². The van der Waals surface area contributed by atoms with Crippen molar-refractivity contribution in [1.82, 2.24) is 14.7 Å². The fourth-order valence-corrected chi connectivity index (χ4v) is 5.50. The maximum Gasteiger partial charge on any atom is 0.358 e. The Labute approximate surface area is 232 Å². The van der Waals surface area contributed by atoms with Gasteiger partial charge in [0.15, 0.2) is 5.69 Å². The van der Waals surface area contributed by atoms with Crippen LogP contribution in [0, 0.1) is 11.7 Å².